The normalized spacial score (nSPS) is 18.1. The van der Waals surface area contributed by atoms with Crippen molar-refractivity contribution in [1.82, 2.24) is 0 Å². The first kappa shape index (κ1) is 21.9. The molecule has 164 valence electrons. The molecule has 3 aromatic rings. The summed E-state index contributed by atoms with van der Waals surface area (Å²) >= 11 is 0. The Morgan fingerprint density at radius 3 is 1.72 bits per heavy atom. The summed E-state index contributed by atoms with van der Waals surface area (Å²) in [5.74, 6) is 0. The highest BCUT2D eigenvalue weighted by Crippen LogP contribution is 2.38. The molecule has 1 aliphatic carbocycles. The van der Waals surface area contributed by atoms with Gasteiger partial charge in [-0.1, -0.05) is 66.8 Å². The van der Waals surface area contributed by atoms with Gasteiger partial charge in [0.2, 0.25) is 0 Å². The van der Waals surface area contributed by atoms with Crippen molar-refractivity contribution < 1.29 is 26.3 Å². The maximum atomic E-state index is 13.2. The van der Waals surface area contributed by atoms with Crippen LogP contribution in [0.4, 0.5) is 26.3 Å². The van der Waals surface area contributed by atoms with E-state index in [1.807, 2.05) is 36.4 Å². The van der Waals surface area contributed by atoms with Crippen molar-refractivity contribution in [3.05, 3.63) is 99.9 Å². The van der Waals surface area contributed by atoms with E-state index in [1.165, 1.54) is 0 Å². The Balaban J connectivity index is 1.71. The molecule has 0 atom stereocenters. The second-order valence-electron chi connectivity index (χ2n) is 7.60. The molecular weight excluding hydrogens is 426 g/mol. The van der Waals surface area contributed by atoms with E-state index in [-0.39, 0.29) is 17.2 Å². The van der Waals surface area contributed by atoms with Crippen molar-refractivity contribution in [3.63, 3.8) is 0 Å². The summed E-state index contributed by atoms with van der Waals surface area (Å²) in [6.07, 6.45) is -1.99. The highest BCUT2D eigenvalue weighted by molar-refractivity contribution is 5.75. The molecular formula is C26H18F6. The molecule has 0 radical (unpaired) electrons. The molecule has 0 unspecified atom stereocenters. The maximum absolute atomic E-state index is 13.2. The van der Waals surface area contributed by atoms with E-state index in [0.717, 1.165) is 46.5 Å². The monoisotopic (exact) mass is 444 g/mol. The summed E-state index contributed by atoms with van der Waals surface area (Å²) in [6.45, 7) is 0. The van der Waals surface area contributed by atoms with Gasteiger partial charge >= 0.3 is 12.4 Å². The van der Waals surface area contributed by atoms with Gasteiger partial charge in [0.15, 0.2) is 0 Å². The van der Waals surface area contributed by atoms with Crippen molar-refractivity contribution in [3.8, 4) is 11.1 Å². The Hall–Kier alpha value is -3.28. The molecule has 32 heavy (non-hydrogen) atoms. The topological polar surface area (TPSA) is 0 Å². The average molecular weight is 444 g/mol. The number of allylic oxidation sites excluding steroid dienone is 2. The van der Waals surface area contributed by atoms with Gasteiger partial charge in [-0.05, 0) is 63.7 Å². The third kappa shape index (κ3) is 4.79. The SMILES string of the molecule is FC(F)(F)c1cc(-c2ccc(/C3=C/C=c4/cccc/c4=C/CC3)cc2)cc(C(F)(F)F)c1. The lowest BCUT2D eigenvalue weighted by molar-refractivity contribution is -0.143. The highest BCUT2D eigenvalue weighted by Gasteiger charge is 2.37. The van der Waals surface area contributed by atoms with Crippen LogP contribution in [0.3, 0.4) is 0 Å². The molecule has 1 aliphatic rings. The van der Waals surface area contributed by atoms with E-state index in [9.17, 15) is 26.3 Å². The Morgan fingerprint density at radius 1 is 0.562 bits per heavy atom. The molecule has 0 spiro atoms. The molecule has 0 aliphatic heterocycles. The molecule has 0 nitrogen and oxygen atoms in total. The molecule has 0 amide bonds. The number of rotatable bonds is 2. The van der Waals surface area contributed by atoms with Gasteiger partial charge in [-0.25, -0.2) is 0 Å². The predicted molar refractivity (Wildman–Crippen MR) is 114 cm³/mol. The van der Waals surface area contributed by atoms with E-state index >= 15 is 0 Å². The average Bonchev–Trinajstić information content (AvgIpc) is 2.73. The molecule has 3 aromatic carbocycles. The lowest BCUT2D eigenvalue weighted by Gasteiger charge is -2.15. The molecule has 0 N–H and O–H groups in total. The van der Waals surface area contributed by atoms with Crippen molar-refractivity contribution in [1.29, 1.82) is 0 Å². The molecule has 0 saturated carbocycles. The summed E-state index contributed by atoms with van der Waals surface area (Å²) in [6, 6.07) is 16.2. The minimum Gasteiger partial charge on any atom is -0.166 e. The van der Waals surface area contributed by atoms with Gasteiger partial charge in [-0.3, -0.25) is 0 Å². The van der Waals surface area contributed by atoms with E-state index in [2.05, 4.69) is 6.08 Å². The van der Waals surface area contributed by atoms with Gasteiger partial charge in [0, 0.05) is 0 Å². The van der Waals surface area contributed by atoms with Crippen molar-refractivity contribution in [2.75, 3.05) is 0 Å². The Bertz CT molecular complexity index is 1240. The van der Waals surface area contributed by atoms with Crippen LogP contribution >= 0.6 is 0 Å². The summed E-state index contributed by atoms with van der Waals surface area (Å²) < 4.78 is 78.9. The summed E-state index contributed by atoms with van der Waals surface area (Å²) in [5.41, 5.74) is -0.559. The Morgan fingerprint density at radius 2 is 1.12 bits per heavy atom. The van der Waals surface area contributed by atoms with E-state index in [4.69, 9.17) is 0 Å². The van der Waals surface area contributed by atoms with Crippen LogP contribution in [-0.4, -0.2) is 0 Å². The van der Waals surface area contributed by atoms with Gasteiger partial charge in [-0.15, -0.1) is 0 Å². The third-order valence-corrected chi connectivity index (χ3v) is 5.41. The number of halogens is 6. The van der Waals surface area contributed by atoms with Gasteiger partial charge < -0.3 is 0 Å². The van der Waals surface area contributed by atoms with Crippen LogP contribution in [0, 0.1) is 0 Å². The molecule has 0 aromatic heterocycles. The van der Waals surface area contributed by atoms with E-state index in [0.29, 0.717) is 0 Å². The highest BCUT2D eigenvalue weighted by atomic mass is 19.4. The van der Waals surface area contributed by atoms with Gasteiger partial charge in [0.25, 0.3) is 0 Å². The number of benzene rings is 3. The number of fused-ring (bicyclic) bond motifs is 1. The zero-order valence-electron chi connectivity index (χ0n) is 16.8. The number of hydrogen-bond donors (Lipinski definition) is 0. The number of alkyl halides is 6. The van der Waals surface area contributed by atoms with E-state index in [1.54, 1.807) is 24.3 Å². The molecule has 4 rings (SSSR count). The lowest BCUT2D eigenvalue weighted by Crippen LogP contribution is -2.23. The van der Waals surface area contributed by atoms with Crippen molar-refractivity contribution >= 4 is 17.7 Å². The van der Waals surface area contributed by atoms with Crippen LogP contribution in [0.1, 0.15) is 29.5 Å². The zero-order chi connectivity index (χ0) is 22.9. The van der Waals surface area contributed by atoms with Crippen LogP contribution in [0.25, 0.3) is 28.9 Å². The second-order valence-corrected chi connectivity index (χ2v) is 7.60. The standard InChI is InChI=1S/C26H18F6/c27-25(28,29)23-14-22(15-24(16-23)26(30,31)32)21-12-10-20(11-13-21)19-7-3-6-17-4-1-2-5-18(17)8-9-19/h1-2,4-6,8-16H,3,7H2/b17-6-,18-8-,19-9+. The summed E-state index contributed by atoms with van der Waals surface area (Å²) in [7, 11) is 0. The first-order valence-corrected chi connectivity index (χ1v) is 9.98. The largest absolute Gasteiger partial charge is 0.416 e. The van der Waals surface area contributed by atoms with Crippen LogP contribution in [0.2, 0.25) is 0 Å². The Labute approximate surface area is 180 Å². The van der Waals surface area contributed by atoms with Gasteiger partial charge in [0.05, 0.1) is 11.1 Å². The van der Waals surface area contributed by atoms with Crippen molar-refractivity contribution in [2.24, 2.45) is 0 Å². The van der Waals surface area contributed by atoms with Gasteiger partial charge in [-0.2, -0.15) is 26.3 Å². The molecule has 0 heterocycles. The van der Waals surface area contributed by atoms with E-state index < -0.39 is 23.5 Å². The second kappa shape index (κ2) is 8.34. The quantitative estimate of drug-likeness (QED) is 0.380. The smallest absolute Gasteiger partial charge is 0.166 e. The number of hydrogen-bond acceptors (Lipinski definition) is 0. The fourth-order valence-electron chi connectivity index (χ4n) is 3.74. The predicted octanol–water partition coefficient (Wildman–Crippen LogP) is 6.83. The lowest BCUT2D eigenvalue weighted by atomic mass is 9.94. The first-order valence-electron chi connectivity index (χ1n) is 9.98. The summed E-state index contributed by atoms with van der Waals surface area (Å²) in [4.78, 5) is 0. The zero-order valence-corrected chi connectivity index (χ0v) is 16.8. The maximum Gasteiger partial charge on any atom is 0.416 e. The Kier molecular flexibility index (Phi) is 5.71. The van der Waals surface area contributed by atoms with Crippen molar-refractivity contribution in [2.45, 2.75) is 25.2 Å². The molecule has 6 heteroatoms. The van der Waals surface area contributed by atoms with Crippen LogP contribution in [-0.2, 0) is 12.4 Å². The van der Waals surface area contributed by atoms with Crippen LogP contribution in [0.5, 0.6) is 0 Å². The van der Waals surface area contributed by atoms with Crippen LogP contribution < -0.4 is 10.4 Å². The summed E-state index contributed by atoms with van der Waals surface area (Å²) in [5, 5.41) is 2.24. The third-order valence-electron chi connectivity index (χ3n) is 5.41. The molecule has 0 bridgehead atoms. The molecule has 0 saturated heterocycles. The minimum absolute atomic E-state index is 0.126. The van der Waals surface area contributed by atoms with Gasteiger partial charge in [0.1, 0.15) is 0 Å². The van der Waals surface area contributed by atoms with Crippen LogP contribution in [0.15, 0.2) is 72.8 Å². The fraction of sp³-hybridized carbons (Fsp3) is 0.154. The minimum atomic E-state index is -4.87. The fourth-order valence-corrected chi connectivity index (χ4v) is 3.74. The first-order chi connectivity index (χ1) is 15.1. The molecule has 0 fully saturated rings.